The number of carboxylic acid groups (broad SMARTS) is 1. The Labute approximate surface area is 111 Å². The van der Waals surface area contributed by atoms with Crippen LogP contribution in [0, 0.1) is 6.92 Å². The van der Waals surface area contributed by atoms with Crippen molar-refractivity contribution in [3.8, 4) is 0 Å². The number of thiophene rings is 1. The average Bonchev–Trinajstić information content (AvgIpc) is 2.70. The molecule has 2 heterocycles. The lowest BCUT2D eigenvalue weighted by Crippen LogP contribution is -2.21. The lowest BCUT2D eigenvalue weighted by molar-refractivity contribution is 0.0698. The van der Waals surface area contributed by atoms with Gasteiger partial charge in [-0.25, -0.2) is 4.79 Å². The lowest BCUT2D eigenvalue weighted by atomic mass is 10.2. The summed E-state index contributed by atoms with van der Waals surface area (Å²) in [7, 11) is 0. The Morgan fingerprint density at radius 2 is 2.11 bits per heavy atom. The Morgan fingerprint density at radius 1 is 1.37 bits per heavy atom. The van der Waals surface area contributed by atoms with Gasteiger partial charge in [-0.1, -0.05) is 0 Å². The fourth-order valence-corrected chi connectivity index (χ4v) is 2.43. The van der Waals surface area contributed by atoms with Crippen LogP contribution in [-0.4, -0.2) is 22.0 Å². The molecule has 7 heteroatoms. The number of carbonyl (C=O) groups is 2. The Morgan fingerprint density at radius 3 is 2.74 bits per heavy atom. The van der Waals surface area contributed by atoms with Gasteiger partial charge in [0.25, 0.3) is 5.91 Å². The molecule has 98 valence electrons. The van der Waals surface area contributed by atoms with E-state index in [1.165, 1.54) is 24.5 Å². The number of H-pyrrole nitrogens is 1. The maximum absolute atomic E-state index is 11.9. The van der Waals surface area contributed by atoms with Gasteiger partial charge >= 0.3 is 5.97 Å². The van der Waals surface area contributed by atoms with E-state index in [-0.39, 0.29) is 16.1 Å². The molecule has 0 fully saturated rings. The summed E-state index contributed by atoms with van der Waals surface area (Å²) in [6.07, 6.45) is 2.69. The number of rotatable bonds is 3. The summed E-state index contributed by atoms with van der Waals surface area (Å²) in [5.41, 5.74) is -0.477. The first kappa shape index (κ1) is 13.0. The Bertz CT molecular complexity index is 702. The number of anilines is 1. The highest BCUT2D eigenvalue weighted by atomic mass is 32.1. The second-order valence-corrected chi connectivity index (χ2v) is 5.04. The van der Waals surface area contributed by atoms with Crippen LogP contribution in [0.2, 0.25) is 0 Å². The molecule has 0 aliphatic carbocycles. The number of hydrogen-bond acceptors (Lipinski definition) is 4. The maximum Gasteiger partial charge on any atom is 0.338 e. The van der Waals surface area contributed by atoms with Gasteiger partial charge < -0.3 is 15.4 Å². The minimum Gasteiger partial charge on any atom is -0.478 e. The number of amides is 1. The van der Waals surface area contributed by atoms with E-state index in [2.05, 4.69) is 10.3 Å². The predicted molar refractivity (Wildman–Crippen MR) is 71.0 cm³/mol. The number of aryl methyl sites for hydroxylation is 1. The van der Waals surface area contributed by atoms with Crippen molar-refractivity contribution in [1.29, 1.82) is 0 Å². The van der Waals surface area contributed by atoms with Gasteiger partial charge in [0.05, 0.1) is 5.56 Å². The first-order valence-corrected chi connectivity index (χ1v) is 6.13. The molecular weight excluding hydrogens is 268 g/mol. The van der Waals surface area contributed by atoms with E-state index in [4.69, 9.17) is 5.11 Å². The molecule has 6 nitrogen and oxygen atoms in total. The van der Waals surface area contributed by atoms with Crippen molar-refractivity contribution in [2.24, 2.45) is 0 Å². The molecule has 0 saturated carbocycles. The first-order valence-electron chi connectivity index (χ1n) is 5.31. The van der Waals surface area contributed by atoms with Gasteiger partial charge in [-0.3, -0.25) is 9.59 Å². The molecule has 0 unspecified atom stereocenters. The molecule has 2 rings (SSSR count). The quantitative estimate of drug-likeness (QED) is 0.795. The SMILES string of the molecule is Cc1cc(C(=O)O)c(NC(=O)c2c[nH]ccc2=O)s1. The van der Waals surface area contributed by atoms with Crippen LogP contribution >= 0.6 is 11.3 Å². The summed E-state index contributed by atoms with van der Waals surface area (Å²) in [5, 5.41) is 11.7. The van der Waals surface area contributed by atoms with Gasteiger partial charge in [0.2, 0.25) is 0 Å². The molecule has 0 spiro atoms. The summed E-state index contributed by atoms with van der Waals surface area (Å²) in [6.45, 7) is 1.74. The number of carboxylic acids is 1. The highest BCUT2D eigenvalue weighted by molar-refractivity contribution is 7.16. The topological polar surface area (TPSA) is 99.3 Å². The molecule has 19 heavy (non-hydrogen) atoms. The van der Waals surface area contributed by atoms with Gasteiger partial charge in [-0.15, -0.1) is 11.3 Å². The van der Waals surface area contributed by atoms with Crippen LogP contribution in [0.15, 0.2) is 29.3 Å². The van der Waals surface area contributed by atoms with Gasteiger partial charge in [0, 0.05) is 23.3 Å². The standard InChI is InChI=1S/C12H10N2O4S/c1-6-4-7(12(17)18)11(19-6)14-10(16)8-5-13-3-2-9(8)15/h2-5H,1H3,(H,13,15)(H,14,16)(H,17,18). The van der Waals surface area contributed by atoms with Crippen LogP contribution in [0.5, 0.6) is 0 Å². The van der Waals surface area contributed by atoms with Gasteiger partial charge in [-0.05, 0) is 13.0 Å². The Kier molecular flexibility index (Phi) is 3.48. The molecule has 0 bridgehead atoms. The fraction of sp³-hybridized carbons (Fsp3) is 0.0833. The minimum absolute atomic E-state index is 0.0169. The zero-order chi connectivity index (χ0) is 14.0. The molecule has 0 aliphatic heterocycles. The largest absolute Gasteiger partial charge is 0.478 e. The van der Waals surface area contributed by atoms with Gasteiger partial charge in [0.1, 0.15) is 10.6 Å². The van der Waals surface area contributed by atoms with Crippen molar-refractivity contribution >= 4 is 28.2 Å². The van der Waals surface area contributed by atoms with Crippen LogP contribution in [0.4, 0.5) is 5.00 Å². The highest BCUT2D eigenvalue weighted by Gasteiger charge is 2.17. The monoisotopic (exact) mass is 278 g/mol. The third-order valence-electron chi connectivity index (χ3n) is 2.38. The number of aromatic amines is 1. The van der Waals surface area contributed by atoms with E-state index in [1.807, 2.05) is 0 Å². The zero-order valence-corrected chi connectivity index (χ0v) is 10.7. The van der Waals surface area contributed by atoms with Crippen molar-refractivity contribution in [3.63, 3.8) is 0 Å². The summed E-state index contributed by atoms with van der Waals surface area (Å²) < 4.78 is 0. The van der Waals surface area contributed by atoms with Crippen LogP contribution < -0.4 is 10.7 Å². The smallest absolute Gasteiger partial charge is 0.338 e. The van der Waals surface area contributed by atoms with E-state index >= 15 is 0 Å². The summed E-state index contributed by atoms with van der Waals surface area (Å²) in [6, 6.07) is 2.70. The predicted octanol–water partition coefficient (Wildman–Crippen LogP) is 1.70. The molecule has 0 saturated heterocycles. The van der Waals surface area contributed by atoms with Crippen molar-refractivity contribution in [3.05, 3.63) is 50.8 Å². The molecule has 0 radical (unpaired) electrons. The van der Waals surface area contributed by atoms with Crippen LogP contribution in [0.3, 0.4) is 0 Å². The van der Waals surface area contributed by atoms with Gasteiger partial charge in [0.15, 0.2) is 5.43 Å². The summed E-state index contributed by atoms with van der Waals surface area (Å²) in [4.78, 5) is 37.8. The Hall–Kier alpha value is -2.41. The molecule has 1 amide bonds. The second-order valence-electron chi connectivity index (χ2n) is 3.78. The normalized spacial score (nSPS) is 10.2. The number of aromatic carboxylic acids is 1. The van der Waals surface area contributed by atoms with E-state index < -0.39 is 17.3 Å². The van der Waals surface area contributed by atoms with Crippen molar-refractivity contribution < 1.29 is 14.7 Å². The zero-order valence-electron chi connectivity index (χ0n) is 9.89. The summed E-state index contributed by atoms with van der Waals surface area (Å²) >= 11 is 1.15. The molecule has 0 aliphatic rings. The first-order chi connectivity index (χ1) is 8.99. The molecule has 2 aromatic rings. The van der Waals surface area contributed by atoms with E-state index in [1.54, 1.807) is 6.92 Å². The van der Waals surface area contributed by atoms with Gasteiger partial charge in [-0.2, -0.15) is 0 Å². The van der Waals surface area contributed by atoms with Crippen LogP contribution in [-0.2, 0) is 0 Å². The minimum atomic E-state index is -1.12. The van der Waals surface area contributed by atoms with E-state index in [0.717, 1.165) is 16.2 Å². The number of aromatic nitrogens is 1. The van der Waals surface area contributed by atoms with E-state index in [9.17, 15) is 14.4 Å². The third kappa shape index (κ3) is 2.71. The number of hydrogen-bond donors (Lipinski definition) is 3. The summed E-state index contributed by atoms with van der Waals surface area (Å²) in [5.74, 6) is -1.76. The van der Waals surface area contributed by atoms with Crippen molar-refractivity contribution in [1.82, 2.24) is 4.98 Å². The highest BCUT2D eigenvalue weighted by Crippen LogP contribution is 2.27. The van der Waals surface area contributed by atoms with Crippen molar-refractivity contribution in [2.75, 3.05) is 5.32 Å². The fourth-order valence-electron chi connectivity index (χ4n) is 1.53. The molecule has 2 aromatic heterocycles. The number of nitrogens with one attached hydrogen (secondary N) is 2. The molecule has 0 atom stereocenters. The molecular formula is C12H10N2O4S. The maximum atomic E-state index is 11.9. The molecule has 0 aromatic carbocycles. The third-order valence-corrected chi connectivity index (χ3v) is 3.35. The average molecular weight is 278 g/mol. The van der Waals surface area contributed by atoms with Crippen LogP contribution in [0.1, 0.15) is 25.6 Å². The van der Waals surface area contributed by atoms with E-state index in [0.29, 0.717) is 0 Å². The van der Waals surface area contributed by atoms with Crippen LogP contribution in [0.25, 0.3) is 0 Å². The molecule has 3 N–H and O–H groups in total. The second kappa shape index (κ2) is 5.07. The Balaban J connectivity index is 2.32. The van der Waals surface area contributed by atoms with Crippen molar-refractivity contribution in [2.45, 2.75) is 6.92 Å². The lowest BCUT2D eigenvalue weighted by Gasteiger charge is -2.03. The number of pyridine rings is 1. The number of carbonyl (C=O) groups excluding carboxylic acids is 1.